The number of anilines is 1. The Kier molecular flexibility index (Phi) is 2.03. The molecule has 1 fully saturated rings. The number of carbonyl (C=O) groups is 1. The van der Waals surface area contributed by atoms with Gasteiger partial charge in [-0.2, -0.15) is 5.10 Å². The van der Waals surface area contributed by atoms with Crippen molar-refractivity contribution in [3.8, 4) is 0 Å². The van der Waals surface area contributed by atoms with E-state index in [1.165, 1.54) is 0 Å². The summed E-state index contributed by atoms with van der Waals surface area (Å²) in [7, 11) is 0. The number of rotatable bonds is 2. The van der Waals surface area contributed by atoms with E-state index >= 15 is 0 Å². The quantitative estimate of drug-likeness (QED) is 0.636. The Morgan fingerprint density at radius 2 is 2.50 bits per heavy atom. The molecule has 0 aliphatic carbocycles. The lowest BCUT2D eigenvalue weighted by atomic mass is 9.77. The van der Waals surface area contributed by atoms with Crippen LogP contribution in [-0.2, 0) is 4.79 Å². The molecule has 2 rings (SSSR count). The van der Waals surface area contributed by atoms with Gasteiger partial charge in [-0.1, -0.05) is 13.8 Å². The molecule has 0 spiro atoms. The molecule has 1 unspecified atom stereocenters. The predicted molar refractivity (Wildman–Crippen MR) is 52.8 cm³/mol. The smallest absolute Gasteiger partial charge is 0.242 e. The Labute approximate surface area is 82.3 Å². The van der Waals surface area contributed by atoms with Crippen LogP contribution in [0.3, 0.4) is 0 Å². The first-order valence-electron chi connectivity index (χ1n) is 4.63. The third-order valence-corrected chi connectivity index (χ3v) is 2.57. The van der Waals surface area contributed by atoms with Gasteiger partial charge < -0.3 is 10.6 Å². The number of nitrogens with zero attached hydrogens (tertiary/aromatic N) is 1. The van der Waals surface area contributed by atoms with Crippen LogP contribution >= 0.6 is 0 Å². The lowest BCUT2D eigenvalue weighted by Crippen LogP contribution is -2.64. The van der Waals surface area contributed by atoms with Crippen LogP contribution < -0.4 is 10.6 Å². The van der Waals surface area contributed by atoms with Gasteiger partial charge in [-0.3, -0.25) is 9.89 Å². The summed E-state index contributed by atoms with van der Waals surface area (Å²) in [5, 5.41) is 12.3. The van der Waals surface area contributed by atoms with Crippen molar-refractivity contribution in [2.75, 3.05) is 11.9 Å². The number of H-pyrrole nitrogens is 1. The van der Waals surface area contributed by atoms with Crippen LogP contribution in [0.25, 0.3) is 0 Å². The molecular formula is C9H14N4O. The van der Waals surface area contributed by atoms with Gasteiger partial charge in [-0.25, -0.2) is 0 Å². The molecule has 1 aromatic rings. The van der Waals surface area contributed by atoms with Crippen molar-refractivity contribution >= 4 is 11.6 Å². The largest absolute Gasteiger partial charge is 0.322 e. The number of nitrogens with one attached hydrogen (secondary N) is 3. The van der Waals surface area contributed by atoms with Gasteiger partial charge in [0.05, 0.1) is 17.9 Å². The highest BCUT2D eigenvalue weighted by atomic mass is 16.2. The summed E-state index contributed by atoms with van der Waals surface area (Å²) in [6.45, 7) is 5.03. The summed E-state index contributed by atoms with van der Waals surface area (Å²) < 4.78 is 0. The molecule has 0 aromatic carbocycles. The molecule has 14 heavy (non-hydrogen) atoms. The van der Waals surface area contributed by atoms with Crippen LogP contribution in [0, 0.1) is 5.41 Å². The van der Waals surface area contributed by atoms with Crippen molar-refractivity contribution in [2.24, 2.45) is 5.41 Å². The molecule has 1 amide bonds. The first-order valence-corrected chi connectivity index (χ1v) is 4.63. The Morgan fingerprint density at radius 1 is 1.71 bits per heavy atom. The summed E-state index contributed by atoms with van der Waals surface area (Å²) in [5.74, 6) is 0.00245. The van der Waals surface area contributed by atoms with E-state index in [2.05, 4.69) is 34.7 Å². The molecule has 1 aromatic heterocycles. The topological polar surface area (TPSA) is 69.8 Å². The number of carbonyl (C=O) groups excluding carboxylic acids is 1. The van der Waals surface area contributed by atoms with Crippen molar-refractivity contribution < 1.29 is 4.79 Å². The fourth-order valence-corrected chi connectivity index (χ4v) is 1.59. The minimum absolute atomic E-state index is 0.00245. The molecule has 5 nitrogen and oxygen atoms in total. The summed E-state index contributed by atoms with van der Waals surface area (Å²) in [6.07, 6.45) is 3.24. The molecule has 1 aliphatic rings. The van der Waals surface area contributed by atoms with Crippen molar-refractivity contribution in [3.63, 3.8) is 0 Å². The molecule has 0 saturated carbocycles. The lowest BCUT2D eigenvalue weighted by molar-refractivity contribution is -0.124. The molecule has 5 heteroatoms. The van der Waals surface area contributed by atoms with Gasteiger partial charge in [-0.15, -0.1) is 0 Å². The SMILES string of the molecule is CC1(C)CNC1C(=O)Nc1cn[nH]c1. The monoisotopic (exact) mass is 194 g/mol. The third-order valence-electron chi connectivity index (χ3n) is 2.57. The maximum Gasteiger partial charge on any atom is 0.242 e. The van der Waals surface area contributed by atoms with Crippen molar-refractivity contribution in [1.29, 1.82) is 0 Å². The van der Waals surface area contributed by atoms with E-state index in [1.807, 2.05) is 0 Å². The molecule has 76 valence electrons. The fraction of sp³-hybridized carbons (Fsp3) is 0.556. The Bertz CT molecular complexity index is 331. The zero-order valence-corrected chi connectivity index (χ0v) is 8.29. The lowest BCUT2D eigenvalue weighted by Gasteiger charge is -2.44. The van der Waals surface area contributed by atoms with Gasteiger partial charge in [0.15, 0.2) is 0 Å². The molecule has 1 aliphatic heterocycles. The Hall–Kier alpha value is -1.36. The number of aromatic amines is 1. The molecule has 1 saturated heterocycles. The highest BCUT2D eigenvalue weighted by Gasteiger charge is 2.42. The summed E-state index contributed by atoms with van der Waals surface area (Å²) >= 11 is 0. The van der Waals surface area contributed by atoms with E-state index in [9.17, 15) is 4.79 Å². The zero-order valence-electron chi connectivity index (χ0n) is 8.29. The van der Waals surface area contributed by atoms with Gasteiger partial charge in [0, 0.05) is 18.2 Å². The van der Waals surface area contributed by atoms with E-state index in [1.54, 1.807) is 12.4 Å². The van der Waals surface area contributed by atoms with Crippen LogP contribution in [0.4, 0.5) is 5.69 Å². The number of hydrogen-bond acceptors (Lipinski definition) is 3. The highest BCUT2D eigenvalue weighted by Crippen LogP contribution is 2.28. The minimum Gasteiger partial charge on any atom is -0.322 e. The van der Waals surface area contributed by atoms with Crippen LogP contribution in [0.1, 0.15) is 13.8 Å². The predicted octanol–water partition coefficient (Wildman–Crippen LogP) is 0.346. The third kappa shape index (κ3) is 1.50. The average Bonchev–Trinajstić information content (AvgIpc) is 2.55. The van der Waals surface area contributed by atoms with E-state index in [-0.39, 0.29) is 17.4 Å². The fourth-order valence-electron chi connectivity index (χ4n) is 1.59. The van der Waals surface area contributed by atoms with E-state index in [0.717, 1.165) is 6.54 Å². The van der Waals surface area contributed by atoms with Gasteiger partial charge in [0.2, 0.25) is 5.91 Å². The second kappa shape index (κ2) is 3.09. The maximum atomic E-state index is 11.7. The molecule has 3 N–H and O–H groups in total. The standard InChI is InChI=1S/C9H14N4O/c1-9(2)5-10-7(9)8(14)13-6-3-11-12-4-6/h3-4,7,10H,5H2,1-2H3,(H,11,12)(H,13,14). The van der Waals surface area contributed by atoms with Crippen LogP contribution in [0.5, 0.6) is 0 Å². The first-order chi connectivity index (χ1) is 6.59. The van der Waals surface area contributed by atoms with Crippen molar-refractivity contribution in [3.05, 3.63) is 12.4 Å². The zero-order chi connectivity index (χ0) is 10.2. The maximum absolute atomic E-state index is 11.7. The van der Waals surface area contributed by atoms with Gasteiger partial charge in [0.25, 0.3) is 0 Å². The first kappa shape index (κ1) is 9.21. The van der Waals surface area contributed by atoms with Crippen LogP contribution in [0.2, 0.25) is 0 Å². The van der Waals surface area contributed by atoms with E-state index in [0.29, 0.717) is 5.69 Å². The average molecular weight is 194 g/mol. The van der Waals surface area contributed by atoms with E-state index in [4.69, 9.17) is 0 Å². The summed E-state index contributed by atoms with van der Waals surface area (Å²) in [5.41, 5.74) is 0.757. The van der Waals surface area contributed by atoms with Crippen LogP contribution in [-0.4, -0.2) is 28.7 Å². The van der Waals surface area contributed by atoms with Gasteiger partial charge in [-0.05, 0) is 0 Å². The molecular weight excluding hydrogens is 180 g/mol. The molecule has 2 heterocycles. The second-order valence-corrected chi connectivity index (χ2v) is 4.28. The van der Waals surface area contributed by atoms with Crippen molar-refractivity contribution in [1.82, 2.24) is 15.5 Å². The number of aromatic nitrogens is 2. The van der Waals surface area contributed by atoms with Crippen LogP contribution in [0.15, 0.2) is 12.4 Å². The minimum atomic E-state index is -0.0996. The molecule has 0 radical (unpaired) electrons. The van der Waals surface area contributed by atoms with Gasteiger partial charge in [0.1, 0.15) is 0 Å². The Balaban J connectivity index is 1.97. The summed E-state index contributed by atoms with van der Waals surface area (Å²) in [4.78, 5) is 11.7. The molecule has 1 atom stereocenters. The molecule has 0 bridgehead atoms. The van der Waals surface area contributed by atoms with Gasteiger partial charge >= 0.3 is 0 Å². The normalized spacial score (nSPS) is 24.0. The number of amides is 1. The number of hydrogen-bond donors (Lipinski definition) is 3. The highest BCUT2D eigenvalue weighted by molar-refractivity contribution is 5.95. The second-order valence-electron chi connectivity index (χ2n) is 4.28. The Morgan fingerprint density at radius 3 is 2.93 bits per heavy atom. The van der Waals surface area contributed by atoms with E-state index < -0.39 is 0 Å². The summed E-state index contributed by atoms with van der Waals surface area (Å²) in [6, 6.07) is -0.0996. The van der Waals surface area contributed by atoms with Crippen molar-refractivity contribution in [2.45, 2.75) is 19.9 Å².